The number of aryl methyl sites for hydroxylation is 1. The van der Waals surface area contributed by atoms with Crippen molar-refractivity contribution < 1.29 is 28.7 Å². The maximum Gasteiger partial charge on any atom is 0.341 e. The molecule has 0 fully saturated rings. The van der Waals surface area contributed by atoms with E-state index >= 15 is 0 Å². The number of carbonyl (C=O) groups excluding carboxylic acids is 4. The minimum absolute atomic E-state index is 0.208. The van der Waals surface area contributed by atoms with Gasteiger partial charge >= 0.3 is 11.9 Å². The number of hydrogen-bond donors (Lipinski definition) is 2. The second-order valence-corrected chi connectivity index (χ2v) is 9.98. The molecule has 190 valence electrons. The Balaban J connectivity index is 2.06. The van der Waals surface area contributed by atoms with Gasteiger partial charge in [0.05, 0.1) is 22.8 Å². The van der Waals surface area contributed by atoms with Crippen LogP contribution in [0.25, 0.3) is 0 Å². The van der Waals surface area contributed by atoms with Gasteiger partial charge in [-0.15, -0.1) is 11.3 Å². The number of hydrogen-bond acceptors (Lipinski definition) is 8. The molecule has 0 spiro atoms. The van der Waals surface area contributed by atoms with Gasteiger partial charge in [-0.2, -0.15) is 11.8 Å². The van der Waals surface area contributed by atoms with Crippen molar-refractivity contribution in [2.24, 2.45) is 0 Å². The molecule has 0 aliphatic rings. The molecule has 1 atom stereocenters. The van der Waals surface area contributed by atoms with Crippen molar-refractivity contribution in [2.75, 3.05) is 30.5 Å². The number of rotatable bonds is 12. The van der Waals surface area contributed by atoms with Gasteiger partial charge in [0.25, 0.3) is 11.8 Å². The number of amides is 2. The molecular weight excluding hydrogens is 512 g/mol. The van der Waals surface area contributed by atoms with E-state index in [2.05, 4.69) is 10.6 Å². The molecule has 35 heavy (non-hydrogen) atoms. The summed E-state index contributed by atoms with van der Waals surface area (Å²) in [5, 5.41) is 5.90. The van der Waals surface area contributed by atoms with E-state index in [9.17, 15) is 19.2 Å². The second kappa shape index (κ2) is 14.1. The monoisotopic (exact) mass is 540 g/mol. The number of ether oxygens (including phenoxy) is 2. The van der Waals surface area contributed by atoms with Crippen molar-refractivity contribution in [3.05, 3.63) is 50.9 Å². The molecule has 0 unspecified atom stereocenters. The van der Waals surface area contributed by atoms with Crippen molar-refractivity contribution in [1.82, 2.24) is 5.32 Å². The third-order valence-corrected chi connectivity index (χ3v) is 7.00. The SMILES string of the molecule is CCOC(=O)c1c(NC(=O)COC(=O)[C@@H](CCSC)NC(=O)c2ccccc2Cl)sc(C)c1CC. The van der Waals surface area contributed by atoms with Gasteiger partial charge < -0.3 is 20.1 Å². The van der Waals surface area contributed by atoms with Gasteiger partial charge in [-0.3, -0.25) is 9.59 Å². The van der Waals surface area contributed by atoms with Crippen LogP contribution in [0.4, 0.5) is 5.00 Å². The molecule has 0 radical (unpaired) electrons. The molecule has 0 saturated carbocycles. The minimum Gasteiger partial charge on any atom is -0.462 e. The summed E-state index contributed by atoms with van der Waals surface area (Å²) in [7, 11) is 0. The fourth-order valence-corrected chi connectivity index (χ4v) is 5.12. The Labute approximate surface area is 218 Å². The highest BCUT2D eigenvalue weighted by molar-refractivity contribution is 7.98. The maximum absolute atomic E-state index is 12.7. The molecule has 1 aromatic carbocycles. The summed E-state index contributed by atoms with van der Waals surface area (Å²) in [6.45, 7) is 5.12. The van der Waals surface area contributed by atoms with Crippen LogP contribution in [0.1, 0.15) is 51.4 Å². The smallest absolute Gasteiger partial charge is 0.341 e. The van der Waals surface area contributed by atoms with Gasteiger partial charge in [0.15, 0.2) is 6.61 Å². The zero-order valence-electron chi connectivity index (χ0n) is 20.1. The fourth-order valence-electron chi connectivity index (χ4n) is 3.28. The van der Waals surface area contributed by atoms with Crippen LogP contribution in [-0.4, -0.2) is 55.0 Å². The average molecular weight is 541 g/mol. The quantitative estimate of drug-likeness (QED) is 0.382. The van der Waals surface area contributed by atoms with E-state index in [1.807, 2.05) is 20.1 Å². The van der Waals surface area contributed by atoms with Crippen molar-refractivity contribution >= 4 is 63.5 Å². The molecule has 2 N–H and O–H groups in total. The summed E-state index contributed by atoms with van der Waals surface area (Å²) in [6.07, 6.45) is 2.79. The van der Waals surface area contributed by atoms with E-state index in [0.717, 1.165) is 10.4 Å². The van der Waals surface area contributed by atoms with Gasteiger partial charge in [-0.1, -0.05) is 30.7 Å². The maximum atomic E-state index is 12.7. The van der Waals surface area contributed by atoms with E-state index < -0.39 is 36.4 Å². The number of carbonyl (C=O) groups is 4. The molecule has 0 aliphatic carbocycles. The lowest BCUT2D eigenvalue weighted by Crippen LogP contribution is -2.43. The number of halogens is 1. The summed E-state index contributed by atoms with van der Waals surface area (Å²) in [4.78, 5) is 51.2. The van der Waals surface area contributed by atoms with Crippen LogP contribution >= 0.6 is 34.7 Å². The lowest BCUT2D eigenvalue weighted by atomic mass is 10.1. The van der Waals surface area contributed by atoms with E-state index in [0.29, 0.717) is 29.2 Å². The van der Waals surface area contributed by atoms with E-state index in [1.165, 1.54) is 23.1 Å². The Bertz CT molecular complexity index is 1070. The summed E-state index contributed by atoms with van der Waals surface area (Å²) in [5.41, 5.74) is 1.36. The second-order valence-electron chi connectivity index (χ2n) is 7.36. The molecule has 2 rings (SSSR count). The molecule has 1 aromatic heterocycles. The predicted octanol–water partition coefficient (Wildman–Crippen LogP) is 4.48. The summed E-state index contributed by atoms with van der Waals surface area (Å²) in [5.74, 6) is -1.78. The number of nitrogens with one attached hydrogen (secondary N) is 2. The van der Waals surface area contributed by atoms with Crippen LogP contribution in [0, 0.1) is 6.92 Å². The molecule has 2 amide bonds. The van der Waals surface area contributed by atoms with E-state index in [1.54, 1.807) is 31.2 Å². The van der Waals surface area contributed by atoms with Crippen molar-refractivity contribution in [1.29, 1.82) is 0 Å². The largest absolute Gasteiger partial charge is 0.462 e. The molecule has 11 heteroatoms. The molecule has 0 bridgehead atoms. The first-order chi connectivity index (χ1) is 16.7. The zero-order chi connectivity index (χ0) is 26.0. The average Bonchev–Trinajstić information content (AvgIpc) is 3.14. The Morgan fingerprint density at radius 1 is 1.14 bits per heavy atom. The van der Waals surface area contributed by atoms with Crippen molar-refractivity contribution in [3.63, 3.8) is 0 Å². The predicted molar refractivity (Wildman–Crippen MR) is 140 cm³/mol. The highest BCUT2D eigenvalue weighted by Gasteiger charge is 2.26. The molecule has 0 aliphatic heterocycles. The van der Waals surface area contributed by atoms with Gasteiger partial charge in [0.1, 0.15) is 11.0 Å². The molecule has 2 aromatic rings. The van der Waals surface area contributed by atoms with Gasteiger partial charge in [0, 0.05) is 4.88 Å². The highest BCUT2D eigenvalue weighted by Crippen LogP contribution is 2.34. The number of esters is 2. The summed E-state index contributed by atoms with van der Waals surface area (Å²) < 4.78 is 10.3. The standard InChI is InChI=1S/C24H29ClN2O6S2/c1-5-15-14(3)35-22(20(15)24(31)32-6-2)27-19(28)13-33-23(30)18(11-12-34-4)26-21(29)16-9-7-8-10-17(16)25/h7-10,18H,5-6,11-13H2,1-4H3,(H,26,29)(H,27,28)/t18-/m1/s1. The van der Waals surface area contributed by atoms with Crippen LogP contribution in [-0.2, 0) is 25.5 Å². The van der Waals surface area contributed by atoms with Crippen LogP contribution in [0.3, 0.4) is 0 Å². The Kier molecular flexibility index (Phi) is 11.6. The molecule has 8 nitrogen and oxygen atoms in total. The van der Waals surface area contributed by atoms with Crippen LogP contribution < -0.4 is 10.6 Å². The fraction of sp³-hybridized carbons (Fsp3) is 0.417. The Morgan fingerprint density at radius 3 is 2.49 bits per heavy atom. The zero-order valence-corrected chi connectivity index (χ0v) is 22.5. The van der Waals surface area contributed by atoms with E-state index in [-0.39, 0.29) is 17.2 Å². The number of thioether (sulfide) groups is 1. The van der Waals surface area contributed by atoms with Crippen LogP contribution in [0.5, 0.6) is 0 Å². The van der Waals surface area contributed by atoms with Crippen LogP contribution in [0.15, 0.2) is 24.3 Å². The normalized spacial score (nSPS) is 11.5. The minimum atomic E-state index is -0.954. The summed E-state index contributed by atoms with van der Waals surface area (Å²) in [6, 6.07) is 5.54. The first kappa shape index (κ1) is 28.7. The first-order valence-electron chi connectivity index (χ1n) is 11.0. The Hall–Kier alpha value is -2.56. The highest BCUT2D eigenvalue weighted by atomic mass is 35.5. The Morgan fingerprint density at radius 2 is 1.86 bits per heavy atom. The first-order valence-corrected chi connectivity index (χ1v) is 13.6. The topological polar surface area (TPSA) is 111 Å². The number of anilines is 1. The number of thiophene rings is 1. The van der Waals surface area contributed by atoms with E-state index in [4.69, 9.17) is 21.1 Å². The molecule has 1 heterocycles. The molecular formula is C24H29ClN2O6S2. The lowest BCUT2D eigenvalue weighted by Gasteiger charge is -2.17. The van der Waals surface area contributed by atoms with Crippen molar-refractivity contribution in [3.8, 4) is 0 Å². The van der Waals surface area contributed by atoms with Gasteiger partial charge in [0.2, 0.25) is 0 Å². The number of benzene rings is 1. The lowest BCUT2D eigenvalue weighted by molar-refractivity contribution is -0.149. The van der Waals surface area contributed by atoms with Crippen molar-refractivity contribution in [2.45, 2.75) is 39.7 Å². The molecule has 0 saturated heterocycles. The third-order valence-electron chi connectivity index (χ3n) is 4.96. The van der Waals surface area contributed by atoms with Gasteiger partial charge in [-0.05, 0) is 56.4 Å². The summed E-state index contributed by atoms with van der Waals surface area (Å²) >= 11 is 8.85. The third kappa shape index (κ3) is 7.98. The van der Waals surface area contributed by atoms with Crippen LogP contribution in [0.2, 0.25) is 5.02 Å². The van der Waals surface area contributed by atoms with Gasteiger partial charge in [-0.25, -0.2) is 9.59 Å².